The molecule has 3 aromatic rings. The quantitative estimate of drug-likeness (QED) is 0.441. The van der Waals surface area contributed by atoms with Crippen molar-refractivity contribution >= 4 is 44.9 Å². The number of sulfonamides is 1. The minimum Gasteiger partial charge on any atom is -0.462 e. The Morgan fingerprint density at radius 1 is 0.971 bits per heavy atom. The number of hydrogen-bond acceptors (Lipinski definition) is 5. The summed E-state index contributed by atoms with van der Waals surface area (Å²) >= 11 is 5.97. The smallest absolute Gasteiger partial charge is 0.338 e. The van der Waals surface area contributed by atoms with Gasteiger partial charge in [-0.2, -0.15) is 0 Å². The fourth-order valence-electron chi connectivity index (χ4n) is 3.28. The van der Waals surface area contributed by atoms with E-state index in [0.29, 0.717) is 21.8 Å². The van der Waals surface area contributed by atoms with Crippen LogP contribution in [0.1, 0.15) is 28.4 Å². The van der Waals surface area contributed by atoms with Crippen LogP contribution in [-0.4, -0.2) is 33.4 Å². The maximum Gasteiger partial charge on any atom is 0.338 e. The Hall–Kier alpha value is -3.36. The standard InChI is InChI=1S/C25H25ClN2O5S/c1-4-33-25(30)22-6-5-7-23(18(22)3)27-24(29)16-28(20-12-10-19(26)11-13-20)34(31,32)21-14-8-17(2)9-15-21/h5-15H,4,16H2,1-3H3,(H,27,29). The van der Waals surface area contributed by atoms with Crippen LogP contribution in [0.3, 0.4) is 0 Å². The zero-order valence-corrected chi connectivity index (χ0v) is 20.6. The monoisotopic (exact) mass is 500 g/mol. The normalized spacial score (nSPS) is 11.1. The van der Waals surface area contributed by atoms with Crippen LogP contribution in [0.4, 0.5) is 11.4 Å². The summed E-state index contributed by atoms with van der Waals surface area (Å²) < 4.78 is 33.0. The molecule has 0 radical (unpaired) electrons. The van der Waals surface area contributed by atoms with Gasteiger partial charge in [0.15, 0.2) is 0 Å². The Bertz CT molecular complexity index is 1290. The van der Waals surface area contributed by atoms with Gasteiger partial charge in [-0.15, -0.1) is 0 Å². The van der Waals surface area contributed by atoms with Gasteiger partial charge >= 0.3 is 5.97 Å². The second kappa shape index (κ2) is 10.7. The highest BCUT2D eigenvalue weighted by molar-refractivity contribution is 7.92. The number of nitrogens with one attached hydrogen (secondary N) is 1. The molecule has 0 aromatic heterocycles. The molecule has 0 aliphatic rings. The van der Waals surface area contributed by atoms with E-state index in [1.807, 2.05) is 6.92 Å². The molecular weight excluding hydrogens is 476 g/mol. The van der Waals surface area contributed by atoms with E-state index in [-0.39, 0.29) is 17.2 Å². The molecule has 0 fully saturated rings. The Morgan fingerprint density at radius 3 is 2.24 bits per heavy atom. The van der Waals surface area contributed by atoms with Gasteiger partial charge in [0.2, 0.25) is 5.91 Å². The van der Waals surface area contributed by atoms with Gasteiger partial charge < -0.3 is 10.1 Å². The van der Waals surface area contributed by atoms with Crippen molar-refractivity contribution in [2.75, 3.05) is 22.8 Å². The molecule has 3 aromatic carbocycles. The zero-order valence-electron chi connectivity index (χ0n) is 19.0. The molecule has 34 heavy (non-hydrogen) atoms. The van der Waals surface area contributed by atoms with Gasteiger partial charge in [-0.1, -0.05) is 35.4 Å². The van der Waals surface area contributed by atoms with Crippen LogP contribution in [0, 0.1) is 13.8 Å². The molecule has 0 aliphatic heterocycles. The third-order valence-electron chi connectivity index (χ3n) is 5.11. The Morgan fingerprint density at radius 2 is 1.62 bits per heavy atom. The first-order valence-corrected chi connectivity index (χ1v) is 12.4. The SMILES string of the molecule is CCOC(=O)c1cccc(NC(=O)CN(c2ccc(Cl)cc2)S(=O)(=O)c2ccc(C)cc2)c1C. The van der Waals surface area contributed by atoms with Crippen molar-refractivity contribution in [2.24, 2.45) is 0 Å². The summed E-state index contributed by atoms with van der Waals surface area (Å²) in [5, 5.41) is 3.15. The third-order valence-corrected chi connectivity index (χ3v) is 7.15. The molecule has 178 valence electrons. The topological polar surface area (TPSA) is 92.8 Å². The van der Waals surface area contributed by atoms with E-state index >= 15 is 0 Å². The lowest BCUT2D eigenvalue weighted by molar-refractivity contribution is -0.114. The van der Waals surface area contributed by atoms with E-state index < -0.39 is 28.4 Å². The molecule has 0 aliphatic carbocycles. The van der Waals surface area contributed by atoms with Crippen molar-refractivity contribution < 1.29 is 22.7 Å². The van der Waals surface area contributed by atoms with Crippen LogP contribution in [0.15, 0.2) is 71.6 Å². The van der Waals surface area contributed by atoms with E-state index in [1.165, 1.54) is 24.3 Å². The van der Waals surface area contributed by atoms with Gasteiger partial charge in [-0.25, -0.2) is 13.2 Å². The number of ether oxygens (including phenoxy) is 1. The predicted octanol–water partition coefficient (Wildman–Crippen LogP) is 4.97. The summed E-state index contributed by atoms with van der Waals surface area (Å²) in [6.45, 7) is 4.98. The van der Waals surface area contributed by atoms with E-state index in [4.69, 9.17) is 16.3 Å². The summed E-state index contributed by atoms with van der Waals surface area (Å²) in [5.74, 6) is -1.07. The number of carbonyl (C=O) groups excluding carboxylic acids is 2. The number of amides is 1. The second-order valence-electron chi connectivity index (χ2n) is 7.55. The number of esters is 1. The zero-order chi connectivity index (χ0) is 24.9. The van der Waals surface area contributed by atoms with Gasteiger partial charge in [0.05, 0.1) is 22.8 Å². The molecule has 0 atom stereocenters. The molecule has 3 rings (SSSR count). The molecule has 0 unspecified atom stereocenters. The van der Waals surface area contributed by atoms with Crippen LogP contribution in [0.2, 0.25) is 5.02 Å². The molecule has 0 saturated heterocycles. The third kappa shape index (κ3) is 5.76. The van der Waals surface area contributed by atoms with Gasteiger partial charge in [0.25, 0.3) is 10.0 Å². The number of hydrogen-bond donors (Lipinski definition) is 1. The lowest BCUT2D eigenvalue weighted by Crippen LogP contribution is -2.38. The molecule has 1 amide bonds. The highest BCUT2D eigenvalue weighted by Crippen LogP contribution is 2.26. The van der Waals surface area contributed by atoms with Crippen LogP contribution in [-0.2, 0) is 19.6 Å². The Balaban J connectivity index is 1.92. The fourth-order valence-corrected chi connectivity index (χ4v) is 4.83. The van der Waals surface area contributed by atoms with Crippen molar-refractivity contribution in [3.8, 4) is 0 Å². The highest BCUT2D eigenvalue weighted by atomic mass is 35.5. The molecular formula is C25H25ClN2O5S. The molecule has 0 bridgehead atoms. The number of halogens is 1. The van der Waals surface area contributed by atoms with Crippen molar-refractivity contribution in [1.29, 1.82) is 0 Å². The lowest BCUT2D eigenvalue weighted by atomic mass is 10.1. The van der Waals surface area contributed by atoms with E-state index in [2.05, 4.69) is 5.32 Å². The largest absolute Gasteiger partial charge is 0.462 e. The van der Waals surface area contributed by atoms with Crippen LogP contribution in [0.25, 0.3) is 0 Å². The summed E-state index contributed by atoms with van der Waals surface area (Å²) in [7, 11) is -4.05. The molecule has 1 N–H and O–H groups in total. The molecule has 0 saturated carbocycles. The average Bonchev–Trinajstić information content (AvgIpc) is 2.80. The number of benzene rings is 3. The number of nitrogens with zero attached hydrogens (tertiary/aromatic N) is 1. The van der Waals surface area contributed by atoms with Crippen molar-refractivity contribution in [2.45, 2.75) is 25.7 Å². The molecule has 0 spiro atoms. The first-order valence-electron chi connectivity index (χ1n) is 10.5. The van der Waals surface area contributed by atoms with Crippen LogP contribution < -0.4 is 9.62 Å². The minimum atomic E-state index is -4.05. The van der Waals surface area contributed by atoms with Gasteiger partial charge in [0, 0.05) is 10.7 Å². The number of rotatable bonds is 8. The second-order valence-corrected chi connectivity index (χ2v) is 9.85. The van der Waals surface area contributed by atoms with Crippen LogP contribution >= 0.6 is 11.6 Å². The molecule has 7 nitrogen and oxygen atoms in total. The highest BCUT2D eigenvalue weighted by Gasteiger charge is 2.27. The number of aryl methyl sites for hydroxylation is 1. The van der Waals surface area contributed by atoms with Crippen LogP contribution in [0.5, 0.6) is 0 Å². The first-order chi connectivity index (χ1) is 16.1. The predicted molar refractivity (Wildman–Crippen MR) is 133 cm³/mol. The number of anilines is 2. The first kappa shape index (κ1) is 25.3. The molecule has 0 heterocycles. The summed E-state index contributed by atoms with van der Waals surface area (Å²) in [6.07, 6.45) is 0. The fraction of sp³-hybridized carbons (Fsp3) is 0.200. The minimum absolute atomic E-state index is 0.0568. The summed E-state index contributed by atoms with van der Waals surface area (Å²) in [6, 6.07) is 17.4. The maximum atomic E-state index is 13.5. The van der Waals surface area contributed by atoms with Gasteiger partial charge in [0.1, 0.15) is 6.54 Å². The number of carbonyl (C=O) groups is 2. The summed E-state index contributed by atoms with van der Waals surface area (Å²) in [4.78, 5) is 25.2. The lowest BCUT2D eigenvalue weighted by Gasteiger charge is -2.24. The van der Waals surface area contributed by atoms with Crippen molar-refractivity contribution in [1.82, 2.24) is 0 Å². The van der Waals surface area contributed by atoms with E-state index in [1.54, 1.807) is 56.3 Å². The van der Waals surface area contributed by atoms with Gasteiger partial charge in [-0.05, 0) is 74.9 Å². The van der Waals surface area contributed by atoms with Crippen molar-refractivity contribution in [3.05, 3.63) is 88.4 Å². The Labute approximate surface area is 204 Å². The molecule has 9 heteroatoms. The average molecular weight is 501 g/mol. The summed E-state index contributed by atoms with van der Waals surface area (Å²) in [5.41, 5.74) is 2.43. The van der Waals surface area contributed by atoms with E-state index in [9.17, 15) is 18.0 Å². The van der Waals surface area contributed by atoms with E-state index in [0.717, 1.165) is 9.87 Å². The Kier molecular flexibility index (Phi) is 7.96. The van der Waals surface area contributed by atoms with Gasteiger partial charge in [-0.3, -0.25) is 9.10 Å². The van der Waals surface area contributed by atoms with Crippen molar-refractivity contribution in [3.63, 3.8) is 0 Å². The maximum absolute atomic E-state index is 13.5.